The maximum absolute atomic E-state index is 12.7. The lowest BCUT2D eigenvalue weighted by Crippen LogP contribution is -2.37. The zero-order valence-electron chi connectivity index (χ0n) is 16.2. The number of methoxy groups -OCH3 is 1. The molecule has 2 aromatic heterocycles. The highest BCUT2D eigenvalue weighted by Gasteiger charge is 2.35. The zero-order chi connectivity index (χ0) is 20.1. The maximum Gasteiger partial charge on any atom is 0.315 e. The molecule has 1 atom stereocenters. The number of ether oxygens (including phenoxy) is 1. The highest BCUT2D eigenvalue weighted by molar-refractivity contribution is 7.22. The molecular formula is C22H20ClN3O2S. The van der Waals surface area contributed by atoms with Crippen LogP contribution in [0.5, 0.6) is 0 Å². The molecule has 1 aliphatic heterocycles. The first-order valence-corrected chi connectivity index (χ1v) is 10.8. The number of aryl methyl sites for hydroxylation is 1. The molecule has 0 saturated carbocycles. The van der Waals surface area contributed by atoms with Crippen LogP contribution in [0.2, 0.25) is 5.02 Å². The van der Waals surface area contributed by atoms with Crippen molar-refractivity contribution in [2.24, 2.45) is 0 Å². The third-order valence-corrected chi connectivity index (χ3v) is 6.90. The largest absolute Gasteiger partial charge is 0.468 e. The summed E-state index contributed by atoms with van der Waals surface area (Å²) in [6.45, 7) is 3.34. The number of nitrogens with one attached hydrogen (secondary N) is 1. The minimum Gasteiger partial charge on any atom is -0.468 e. The average molecular weight is 426 g/mol. The molecule has 5 rings (SSSR count). The molecule has 1 unspecified atom stereocenters. The Morgan fingerprint density at radius 2 is 2.21 bits per heavy atom. The van der Waals surface area contributed by atoms with Crippen molar-refractivity contribution in [3.63, 3.8) is 0 Å². The van der Waals surface area contributed by atoms with Crippen LogP contribution < -0.4 is 4.90 Å². The molecule has 0 saturated heterocycles. The number of halogens is 1. The van der Waals surface area contributed by atoms with E-state index in [1.54, 1.807) is 11.3 Å². The minimum absolute atomic E-state index is 0.244. The van der Waals surface area contributed by atoms with Crippen LogP contribution >= 0.6 is 22.9 Å². The van der Waals surface area contributed by atoms with Crippen molar-refractivity contribution < 1.29 is 9.53 Å². The Hall–Kier alpha value is -2.57. The number of esters is 1. The third-order valence-electron chi connectivity index (χ3n) is 5.59. The van der Waals surface area contributed by atoms with Gasteiger partial charge in [0.1, 0.15) is 5.92 Å². The maximum atomic E-state index is 12.7. The average Bonchev–Trinajstić information content (AvgIpc) is 3.32. The van der Waals surface area contributed by atoms with Crippen LogP contribution in [0.3, 0.4) is 0 Å². The van der Waals surface area contributed by atoms with E-state index in [1.165, 1.54) is 17.4 Å². The lowest BCUT2D eigenvalue weighted by atomic mass is 9.92. The summed E-state index contributed by atoms with van der Waals surface area (Å²) in [7, 11) is 1.44. The molecular weight excluding hydrogens is 406 g/mol. The summed E-state index contributed by atoms with van der Waals surface area (Å²) in [6.07, 6.45) is 0.998. The van der Waals surface area contributed by atoms with Crippen molar-refractivity contribution >= 4 is 55.2 Å². The first kappa shape index (κ1) is 18.5. The van der Waals surface area contributed by atoms with Crippen LogP contribution in [0, 0.1) is 0 Å². The number of anilines is 1. The molecule has 5 nitrogen and oxygen atoms in total. The molecule has 0 amide bonds. The van der Waals surface area contributed by atoms with E-state index in [0.717, 1.165) is 39.2 Å². The summed E-state index contributed by atoms with van der Waals surface area (Å²) < 4.78 is 6.31. The van der Waals surface area contributed by atoms with Crippen LogP contribution in [0.15, 0.2) is 36.4 Å². The van der Waals surface area contributed by atoms with Gasteiger partial charge < -0.3 is 14.6 Å². The third kappa shape index (κ3) is 3.07. The number of hydrogen-bond donors (Lipinski definition) is 1. The Kier molecular flexibility index (Phi) is 4.48. The lowest BCUT2D eigenvalue weighted by molar-refractivity contribution is -0.142. The van der Waals surface area contributed by atoms with Crippen LogP contribution in [-0.4, -0.2) is 29.6 Å². The van der Waals surface area contributed by atoms with E-state index < -0.39 is 5.92 Å². The number of carbonyl (C=O) groups excluding carboxylic acids is 1. The highest BCUT2D eigenvalue weighted by Crippen LogP contribution is 2.40. The number of fused-ring (bicyclic) bond motifs is 4. The monoisotopic (exact) mass is 425 g/mol. The van der Waals surface area contributed by atoms with E-state index in [4.69, 9.17) is 21.3 Å². The summed E-state index contributed by atoms with van der Waals surface area (Å²) >= 11 is 7.89. The van der Waals surface area contributed by atoms with Gasteiger partial charge in [0.25, 0.3) is 0 Å². The van der Waals surface area contributed by atoms with E-state index in [-0.39, 0.29) is 5.97 Å². The van der Waals surface area contributed by atoms with Gasteiger partial charge in [-0.2, -0.15) is 0 Å². The first-order valence-electron chi connectivity index (χ1n) is 9.59. The number of hydrogen-bond acceptors (Lipinski definition) is 5. The van der Waals surface area contributed by atoms with E-state index >= 15 is 0 Å². The lowest BCUT2D eigenvalue weighted by Gasteiger charge is -2.31. The smallest absolute Gasteiger partial charge is 0.315 e. The molecule has 148 valence electrons. The Morgan fingerprint density at radius 1 is 1.34 bits per heavy atom. The summed E-state index contributed by atoms with van der Waals surface area (Å²) in [6, 6.07) is 12.1. The second-order valence-electron chi connectivity index (χ2n) is 7.32. The van der Waals surface area contributed by atoms with Crippen molar-refractivity contribution in [3.8, 4) is 0 Å². The fourth-order valence-electron chi connectivity index (χ4n) is 4.12. The molecule has 4 aromatic rings. The summed E-state index contributed by atoms with van der Waals surface area (Å²) in [5.41, 5.74) is 5.27. The molecule has 3 heterocycles. The van der Waals surface area contributed by atoms with Gasteiger partial charge in [-0.3, -0.25) is 4.79 Å². The van der Waals surface area contributed by atoms with Gasteiger partial charge in [-0.15, -0.1) is 0 Å². The van der Waals surface area contributed by atoms with Gasteiger partial charge in [0, 0.05) is 28.2 Å². The fourth-order valence-corrected chi connectivity index (χ4v) is 5.33. The molecule has 0 radical (unpaired) electrons. The molecule has 1 aliphatic rings. The topological polar surface area (TPSA) is 58.2 Å². The number of rotatable bonds is 3. The van der Waals surface area contributed by atoms with Crippen LogP contribution in [0.1, 0.15) is 29.7 Å². The second kappa shape index (κ2) is 7.04. The van der Waals surface area contributed by atoms with Crippen molar-refractivity contribution in [3.05, 3.63) is 58.2 Å². The SMILES string of the molecule is CCc1ccc2nc(N3Cc4[nH]c5ccc(Cl)cc5c4C(C(=O)OC)C3)sc2c1. The normalized spacial score (nSPS) is 16.4. The Balaban J connectivity index is 1.60. The molecule has 29 heavy (non-hydrogen) atoms. The van der Waals surface area contributed by atoms with E-state index in [0.29, 0.717) is 18.1 Å². The van der Waals surface area contributed by atoms with E-state index in [9.17, 15) is 4.79 Å². The first-order chi connectivity index (χ1) is 14.1. The number of thiazole rings is 1. The van der Waals surface area contributed by atoms with Gasteiger partial charge >= 0.3 is 5.97 Å². The second-order valence-corrected chi connectivity index (χ2v) is 8.76. The number of benzene rings is 2. The van der Waals surface area contributed by atoms with Crippen molar-refractivity contribution in [2.45, 2.75) is 25.8 Å². The number of aromatic nitrogens is 2. The van der Waals surface area contributed by atoms with Crippen molar-refractivity contribution in [1.82, 2.24) is 9.97 Å². The molecule has 7 heteroatoms. The highest BCUT2D eigenvalue weighted by atomic mass is 35.5. The van der Waals surface area contributed by atoms with Gasteiger partial charge in [-0.1, -0.05) is 35.9 Å². The molecule has 1 N–H and O–H groups in total. The van der Waals surface area contributed by atoms with Gasteiger partial charge in [-0.25, -0.2) is 4.98 Å². The molecule has 0 bridgehead atoms. The number of H-pyrrole nitrogens is 1. The Morgan fingerprint density at radius 3 is 3.00 bits per heavy atom. The Bertz CT molecular complexity index is 1250. The van der Waals surface area contributed by atoms with Gasteiger partial charge in [-0.05, 0) is 47.9 Å². The van der Waals surface area contributed by atoms with Crippen LogP contribution in [0.25, 0.3) is 21.1 Å². The standard InChI is InChI=1S/C22H20ClN3O2S/c1-3-12-4-6-17-19(8-12)29-22(25-17)26-10-15(21(27)28-2)20-14-9-13(23)5-7-16(14)24-18(20)11-26/h4-9,15,24H,3,10-11H2,1-2H3. The molecule has 0 aliphatic carbocycles. The van der Waals surface area contributed by atoms with Gasteiger partial charge in [0.15, 0.2) is 5.13 Å². The predicted octanol–water partition coefficient (Wildman–Crippen LogP) is 5.27. The summed E-state index contributed by atoms with van der Waals surface area (Å²) in [5.74, 6) is -0.639. The quantitative estimate of drug-likeness (QED) is 0.454. The van der Waals surface area contributed by atoms with Gasteiger partial charge in [0.2, 0.25) is 0 Å². The summed E-state index contributed by atoms with van der Waals surface area (Å²) in [5, 5.41) is 2.56. The zero-order valence-corrected chi connectivity index (χ0v) is 17.7. The number of carbonyl (C=O) groups is 1. The molecule has 0 fully saturated rings. The van der Waals surface area contributed by atoms with Crippen LogP contribution in [-0.2, 0) is 22.5 Å². The number of nitrogens with zero attached hydrogens (tertiary/aromatic N) is 2. The fraction of sp³-hybridized carbons (Fsp3) is 0.273. The minimum atomic E-state index is -0.394. The predicted molar refractivity (Wildman–Crippen MR) is 118 cm³/mol. The van der Waals surface area contributed by atoms with E-state index in [2.05, 4.69) is 35.0 Å². The van der Waals surface area contributed by atoms with E-state index in [1.807, 2.05) is 18.2 Å². The van der Waals surface area contributed by atoms with Crippen molar-refractivity contribution in [2.75, 3.05) is 18.6 Å². The number of aromatic amines is 1. The van der Waals surface area contributed by atoms with Gasteiger partial charge in [0.05, 0.1) is 23.9 Å². The molecule has 0 spiro atoms. The summed E-state index contributed by atoms with van der Waals surface area (Å²) in [4.78, 5) is 23.1. The van der Waals surface area contributed by atoms with Crippen LogP contribution in [0.4, 0.5) is 5.13 Å². The Labute approximate surface area is 177 Å². The van der Waals surface area contributed by atoms with Crippen molar-refractivity contribution in [1.29, 1.82) is 0 Å². The molecule has 2 aromatic carbocycles.